The molecule has 0 radical (unpaired) electrons. The molecule has 0 aromatic rings. The van der Waals surface area contributed by atoms with E-state index in [9.17, 15) is 10.2 Å². The van der Waals surface area contributed by atoms with E-state index in [0.29, 0.717) is 12.5 Å². The highest BCUT2D eigenvalue weighted by atomic mass is 17.2. The van der Waals surface area contributed by atoms with Gasteiger partial charge in [0.2, 0.25) is 0 Å². The zero-order valence-corrected chi connectivity index (χ0v) is 11.2. The van der Waals surface area contributed by atoms with Crippen molar-refractivity contribution < 1.29 is 29.8 Å². The Labute approximate surface area is 107 Å². The predicted octanol–water partition coefficient (Wildman–Crippen LogP) is -0.292. The van der Waals surface area contributed by atoms with Crippen LogP contribution in [0.1, 0.15) is 20.3 Å². The largest absolute Gasteiger partial charge is 0.394 e. The number of hydrogen-bond acceptors (Lipinski definition) is 6. The lowest BCUT2D eigenvalue weighted by molar-refractivity contribution is -0.327. The van der Waals surface area contributed by atoms with E-state index >= 15 is 0 Å². The molecule has 6 atom stereocenters. The van der Waals surface area contributed by atoms with Gasteiger partial charge in [-0.3, -0.25) is 0 Å². The number of rotatable bonds is 9. The molecule has 108 valence electrons. The summed E-state index contributed by atoms with van der Waals surface area (Å²) in [5.74, 6) is 0.151. The van der Waals surface area contributed by atoms with E-state index in [4.69, 9.17) is 14.7 Å². The average Bonchev–Trinajstić information content (AvgIpc) is 3.07. The lowest BCUT2D eigenvalue weighted by Gasteiger charge is -2.28. The topological polar surface area (TPSA) is 88.4 Å². The Kier molecular flexibility index (Phi) is 6.48. The van der Waals surface area contributed by atoms with Crippen molar-refractivity contribution >= 4 is 0 Å². The van der Waals surface area contributed by atoms with Crippen molar-refractivity contribution in [3.8, 4) is 0 Å². The molecular formula is C12H24O6. The van der Waals surface area contributed by atoms with Crippen molar-refractivity contribution in [3.63, 3.8) is 0 Å². The van der Waals surface area contributed by atoms with E-state index in [2.05, 4.69) is 11.8 Å². The average molecular weight is 264 g/mol. The summed E-state index contributed by atoms with van der Waals surface area (Å²) in [7, 11) is 1.38. The van der Waals surface area contributed by atoms with Gasteiger partial charge in [0.05, 0.1) is 32.5 Å². The van der Waals surface area contributed by atoms with Crippen LogP contribution in [-0.2, 0) is 14.5 Å². The third-order valence-corrected chi connectivity index (χ3v) is 3.44. The Morgan fingerprint density at radius 3 is 2.39 bits per heavy atom. The summed E-state index contributed by atoms with van der Waals surface area (Å²) < 4.78 is 5.60. The molecule has 0 aliphatic heterocycles. The van der Waals surface area contributed by atoms with Gasteiger partial charge in [0.25, 0.3) is 0 Å². The Bertz CT molecular complexity index is 237. The maximum Gasteiger partial charge on any atom is 0.121 e. The van der Waals surface area contributed by atoms with Crippen LogP contribution < -0.4 is 0 Å². The van der Waals surface area contributed by atoms with E-state index < -0.39 is 30.8 Å². The maximum absolute atomic E-state index is 9.81. The second kappa shape index (κ2) is 7.37. The molecule has 1 aliphatic carbocycles. The minimum atomic E-state index is -1.19. The van der Waals surface area contributed by atoms with Gasteiger partial charge in [-0.15, -0.1) is 0 Å². The smallest absolute Gasteiger partial charge is 0.121 e. The molecule has 0 aromatic heterocycles. The fourth-order valence-corrected chi connectivity index (χ4v) is 1.81. The first-order chi connectivity index (χ1) is 8.51. The second-order valence-corrected chi connectivity index (χ2v) is 4.99. The van der Waals surface area contributed by atoms with Gasteiger partial charge in [-0.2, -0.15) is 0 Å². The molecule has 6 heteroatoms. The van der Waals surface area contributed by atoms with E-state index in [1.165, 1.54) is 7.11 Å². The summed E-state index contributed by atoms with van der Waals surface area (Å²) in [6, 6.07) is 0. The van der Waals surface area contributed by atoms with Gasteiger partial charge in [-0.05, 0) is 12.3 Å². The fourth-order valence-electron chi connectivity index (χ4n) is 1.81. The maximum atomic E-state index is 9.81. The molecule has 0 heterocycles. The SMILES string of the molecule is COOC(COC1CC1C)C(C)C(O)C(O)CO. The molecule has 0 aromatic carbocycles. The molecule has 18 heavy (non-hydrogen) atoms. The standard InChI is InChI=1S/C12H24O6/c1-7-4-10(7)17-6-11(18-16-3)8(2)12(15)9(14)5-13/h7-15H,4-6H2,1-3H3. The van der Waals surface area contributed by atoms with Gasteiger partial charge >= 0.3 is 0 Å². The quantitative estimate of drug-likeness (QED) is 0.392. The molecule has 0 saturated heterocycles. The number of hydrogen-bond donors (Lipinski definition) is 3. The van der Waals surface area contributed by atoms with Crippen molar-refractivity contribution in [2.45, 2.75) is 44.7 Å². The molecule has 3 N–H and O–H groups in total. The van der Waals surface area contributed by atoms with Gasteiger partial charge in [0.15, 0.2) is 0 Å². The van der Waals surface area contributed by atoms with Crippen LogP contribution in [0.5, 0.6) is 0 Å². The van der Waals surface area contributed by atoms with E-state index in [-0.39, 0.29) is 6.10 Å². The molecule has 1 fully saturated rings. The molecule has 1 rings (SSSR count). The zero-order valence-electron chi connectivity index (χ0n) is 11.2. The van der Waals surface area contributed by atoms with Gasteiger partial charge in [-0.1, -0.05) is 13.8 Å². The third kappa shape index (κ3) is 4.46. The summed E-state index contributed by atoms with van der Waals surface area (Å²) in [6.07, 6.45) is -1.48. The Balaban J connectivity index is 2.42. The zero-order chi connectivity index (χ0) is 13.7. The second-order valence-electron chi connectivity index (χ2n) is 4.99. The first-order valence-corrected chi connectivity index (χ1v) is 6.29. The Morgan fingerprint density at radius 1 is 1.33 bits per heavy atom. The van der Waals surface area contributed by atoms with Crippen LogP contribution >= 0.6 is 0 Å². The lowest BCUT2D eigenvalue weighted by atomic mass is 9.94. The summed E-state index contributed by atoms with van der Waals surface area (Å²) in [4.78, 5) is 9.69. The highest BCUT2D eigenvalue weighted by Crippen LogP contribution is 2.33. The van der Waals surface area contributed by atoms with Crippen LogP contribution in [0.15, 0.2) is 0 Å². The van der Waals surface area contributed by atoms with E-state index in [1.54, 1.807) is 6.92 Å². The normalized spacial score (nSPS) is 29.7. The van der Waals surface area contributed by atoms with Crippen LogP contribution in [0.2, 0.25) is 0 Å². The van der Waals surface area contributed by atoms with Gasteiger partial charge in [0, 0.05) is 5.92 Å². The van der Waals surface area contributed by atoms with E-state index in [0.717, 1.165) is 6.42 Å². The summed E-state index contributed by atoms with van der Waals surface area (Å²) in [5, 5.41) is 28.0. The summed E-state index contributed by atoms with van der Waals surface area (Å²) >= 11 is 0. The van der Waals surface area contributed by atoms with Gasteiger partial charge in [0.1, 0.15) is 12.2 Å². The van der Waals surface area contributed by atoms with Crippen molar-refractivity contribution in [2.24, 2.45) is 11.8 Å². The van der Waals surface area contributed by atoms with Crippen molar-refractivity contribution in [2.75, 3.05) is 20.3 Å². The molecule has 1 aliphatic rings. The predicted molar refractivity (Wildman–Crippen MR) is 63.7 cm³/mol. The van der Waals surface area contributed by atoms with Crippen LogP contribution in [0, 0.1) is 11.8 Å². The minimum Gasteiger partial charge on any atom is -0.394 e. The summed E-state index contributed by atoms with van der Waals surface area (Å²) in [6.45, 7) is 3.61. The highest BCUT2D eigenvalue weighted by molar-refractivity contribution is 4.85. The van der Waals surface area contributed by atoms with E-state index in [1.807, 2.05) is 0 Å². The molecule has 0 spiro atoms. The minimum absolute atomic E-state index is 0.250. The number of aliphatic hydroxyl groups excluding tert-OH is 3. The molecule has 6 unspecified atom stereocenters. The monoisotopic (exact) mass is 264 g/mol. The fraction of sp³-hybridized carbons (Fsp3) is 1.00. The molecule has 6 nitrogen and oxygen atoms in total. The van der Waals surface area contributed by atoms with Crippen LogP contribution in [-0.4, -0.2) is 60.1 Å². The molecule has 1 saturated carbocycles. The first-order valence-electron chi connectivity index (χ1n) is 6.29. The lowest BCUT2D eigenvalue weighted by Crippen LogP contribution is -2.42. The van der Waals surface area contributed by atoms with Crippen LogP contribution in [0.25, 0.3) is 0 Å². The van der Waals surface area contributed by atoms with Crippen molar-refractivity contribution in [1.82, 2.24) is 0 Å². The Morgan fingerprint density at radius 2 is 1.94 bits per heavy atom. The summed E-state index contributed by atoms with van der Waals surface area (Å²) in [5.41, 5.74) is 0. The number of aliphatic hydroxyl groups is 3. The Hall–Kier alpha value is -0.240. The molecular weight excluding hydrogens is 240 g/mol. The van der Waals surface area contributed by atoms with Crippen LogP contribution in [0.3, 0.4) is 0 Å². The van der Waals surface area contributed by atoms with Crippen LogP contribution in [0.4, 0.5) is 0 Å². The van der Waals surface area contributed by atoms with Gasteiger partial charge < -0.3 is 20.1 Å². The number of ether oxygens (including phenoxy) is 1. The van der Waals surface area contributed by atoms with Crippen molar-refractivity contribution in [1.29, 1.82) is 0 Å². The third-order valence-electron chi connectivity index (χ3n) is 3.44. The first kappa shape index (κ1) is 15.8. The molecule has 0 amide bonds. The highest BCUT2D eigenvalue weighted by Gasteiger charge is 2.36. The van der Waals surface area contributed by atoms with Gasteiger partial charge in [-0.25, -0.2) is 9.78 Å². The molecule has 0 bridgehead atoms. The van der Waals surface area contributed by atoms with Crippen molar-refractivity contribution in [3.05, 3.63) is 0 Å².